The number of ether oxygens (including phenoxy) is 3. The molecule has 0 bridgehead atoms. The molecule has 11 heteroatoms. The van der Waals surface area contributed by atoms with E-state index < -0.39 is 5.97 Å². The quantitative estimate of drug-likeness (QED) is 0.263. The highest BCUT2D eigenvalue weighted by Crippen LogP contribution is 2.34. The maximum absolute atomic E-state index is 12.4. The molecule has 1 aliphatic rings. The number of anilines is 2. The van der Waals surface area contributed by atoms with Gasteiger partial charge in [0.1, 0.15) is 13.2 Å². The van der Waals surface area contributed by atoms with Crippen LogP contribution in [0.3, 0.4) is 0 Å². The molecule has 0 radical (unpaired) electrons. The van der Waals surface area contributed by atoms with Gasteiger partial charge in [-0.3, -0.25) is 9.69 Å². The van der Waals surface area contributed by atoms with Crippen molar-refractivity contribution in [3.63, 3.8) is 0 Å². The van der Waals surface area contributed by atoms with E-state index in [0.29, 0.717) is 6.61 Å². The Balaban J connectivity index is 1.90. The van der Waals surface area contributed by atoms with Gasteiger partial charge in [0.25, 0.3) is 0 Å². The summed E-state index contributed by atoms with van der Waals surface area (Å²) >= 11 is 0. The van der Waals surface area contributed by atoms with Gasteiger partial charge in [-0.05, 0) is 49.2 Å². The molecule has 2 heterocycles. The first-order valence-electron chi connectivity index (χ1n) is 11.4. The van der Waals surface area contributed by atoms with Crippen molar-refractivity contribution >= 4 is 23.3 Å². The average Bonchev–Trinajstić information content (AvgIpc) is 3.32. The molecule has 1 aromatic carbocycles. The van der Waals surface area contributed by atoms with Crippen LogP contribution in [0.25, 0.3) is 0 Å². The number of nitrogens with two attached hydrogens (primary N) is 1. The van der Waals surface area contributed by atoms with Gasteiger partial charge in [-0.15, -0.1) is 4.91 Å². The maximum atomic E-state index is 12.4. The summed E-state index contributed by atoms with van der Waals surface area (Å²) in [5.74, 6) is -0.497. The molecule has 3 rings (SSSR count). The van der Waals surface area contributed by atoms with Gasteiger partial charge in [0.2, 0.25) is 0 Å². The van der Waals surface area contributed by atoms with E-state index in [9.17, 15) is 9.70 Å². The molecular weight excluding hydrogens is 440 g/mol. The summed E-state index contributed by atoms with van der Waals surface area (Å²) in [7, 11) is 1.54. The van der Waals surface area contributed by atoms with E-state index in [2.05, 4.69) is 32.2 Å². The lowest BCUT2D eigenvalue weighted by molar-refractivity contribution is -0.141. The number of carbonyl (C=O) groups is 1. The average molecular weight is 473 g/mol. The van der Waals surface area contributed by atoms with Crippen molar-refractivity contribution in [1.29, 1.82) is 0 Å². The van der Waals surface area contributed by atoms with Crippen molar-refractivity contribution < 1.29 is 19.0 Å². The third kappa shape index (κ3) is 7.09. The molecule has 0 aliphatic carbocycles. The highest BCUT2D eigenvalue weighted by molar-refractivity contribution is 5.80. The van der Waals surface area contributed by atoms with Crippen molar-refractivity contribution in [2.75, 3.05) is 57.2 Å². The first kappa shape index (κ1) is 25.3. The van der Waals surface area contributed by atoms with Gasteiger partial charge in [0.15, 0.2) is 17.3 Å². The van der Waals surface area contributed by atoms with Crippen molar-refractivity contribution in [1.82, 2.24) is 14.9 Å². The number of likely N-dealkylation sites (tertiary alicyclic amines) is 1. The fourth-order valence-corrected chi connectivity index (χ4v) is 3.84. The standard InChI is InChI=1S/C23H32N6O5/c1-3-33-19(30)16-29(15-18-8-6-7-17(13-18)14-28-9-4-5-10-28)22-20(27-31)21(24)25-23(26-22)34-12-11-32-2/h6-8,13H,3-5,9-12,14-16H2,1-2H3,(H2,24,25,26). The Bertz CT molecular complexity index is 967. The third-order valence-corrected chi connectivity index (χ3v) is 5.38. The largest absolute Gasteiger partial charge is 0.465 e. The molecule has 2 N–H and O–H groups in total. The zero-order valence-corrected chi connectivity index (χ0v) is 19.7. The van der Waals surface area contributed by atoms with Crippen LogP contribution in [0, 0.1) is 4.91 Å². The Morgan fingerprint density at radius 2 is 1.97 bits per heavy atom. The summed E-state index contributed by atoms with van der Waals surface area (Å²) in [6, 6.07) is 8.08. The second-order valence-corrected chi connectivity index (χ2v) is 7.96. The van der Waals surface area contributed by atoms with Crippen LogP contribution >= 0.6 is 0 Å². The Morgan fingerprint density at radius 1 is 1.21 bits per heavy atom. The first-order chi connectivity index (χ1) is 16.5. The van der Waals surface area contributed by atoms with Crippen LogP contribution in [0.5, 0.6) is 6.01 Å². The predicted octanol–water partition coefficient (Wildman–Crippen LogP) is 2.65. The van der Waals surface area contributed by atoms with Crippen LogP contribution in [0.2, 0.25) is 0 Å². The number of esters is 1. The Morgan fingerprint density at radius 3 is 2.68 bits per heavy atom. The number of methoxy groups -OCH3 is 1. The number of nitroso groups, excluding NO2 is 1. The molecule has 184 valence electrons. The molecule has 0 amide bonds. The van der Waals surface area contributed by atoms with Crippen LogP contribution in [0.15, 0.2) is 29.4 Å². The zero-order chi connectivity index (χ0) is 24.3. The van der Waals surface area contributed by atoms with E-state index in [1.807, 2.05) is 12.1 Å². The maximum Gasteiger partial charge on any atom is 0.325 e. The van der Waals surface area contributed by atoms with Crippen molar-refractivity contribution in [2.24, 2.45) is 5.18 Å². The molecule has 11 nitrogen and oxygen atoms in total. The summed E-state index contributed by atoms with van der Waals surface area (Å²) in [4.78, 5) is 36.4. The number of hydrogen-bond acceptors (Lipinski definition) is 11. The lowest BCUT2D eigenvalue weighted by Crippen LogP contribution is -2.32. The van der Waals surface area contributed by atoms with Gasteiger partial charge in [0, 0.05) is 20.2 Å². The molecule has 1 aliphatic heterocycles. The summed E-state index contributed by atoms with van der Waals surface area (Å²) in [6.07, 6.45) is 2.44. The van der Waals surface area contributed by atoms with E-state index in [4.69, 9.17) is 19.9 Å². The molecule has 1 saturated heterocycles. The molecule has 0 spiro atoms. The van der Waals surface area contributed by atoms with Crippen LogP contribution in [0.1, 0.15) is 30.9 Å². The van der Waals surface area contributed by atoms with E-state index in [1.165, 1.54) is 18.4 Å². The van der Waals surface area contributed by atoms with Gasteiger partial charge >= 0.3 is 12.0 Å². The molecule has 0 unspecified atom stereocenters. The fourth-order valence-electron chi connectivity index (χ4n) is 3.84. The lowest BCUT2D eigenvalue weighted by Gasteiger charge is -2.24. The monoisotopic (exact) mass is 472 g/mol. The summed E-state index contributed by atoms with van der Waals surface area (Å²) < 4.78 is 15.6. The first-order valence-corrected chi connectivity index (χ1v) is 11.4. The van der Waals surface area contributed by atoms with Gasteiger partial charge < -0.3 is 24.8 Å². The molecule has 2 aromatic rings. The Hall–Kier alpha value is -3.31. The number of rotatable bonds is 13. The Kier molecular flexibility index (Phi) is 9.53. The third-order valence-electron chi connectivity index (χ3n) is 5.38. The molecule has 1 fully saturated rings. The van der Waals surface area contributed by atoms with E-state index in [0.717, 1.165) is 25.2 Å². The number of nitrogen functional groups attached to an aromatic ring is 1. The summed E-state index contributed by atoms with van der Waals surface area (Å²) in [5, 5.41) is 3.03. The summed E-state index contributed by atoms with van der Waals surface area (Å²) in [5.41, 5.74) is 7.93. The SMILES string of the molecule is CCOC(=O)CN(Cc1cccc(CN2CCCC2)c1)c1nc(OCCOC)nc(N)c1N=O. The van der Waals surface area contributed by atoms with Crippen molar-refractivity contribution in [2.45, 2.75) is 32.9 Å². The topological polar surface area (TPSA) is 132 Å². The van der Waals surface area contributed by atoms with Crippen LogP contribution in [-0.4, -0.2) is 67.4 Å². The van der Waals surface area contributed by atoms with E-state index in [1.54, 1.807) is 18.9 Å². The smallest absolute Gasteiger partial charge is 0.325 e. The lowest BCUT2D eigenvalue weighted by atomic mass is 10.1. The fraction of sp³-hybridized carbons (Fsp3) is 0.522. The molecule has 1 aromatic heterocycles. The van der Waals surface area contributed by atoms with Crippen LogP contribution < -0.4 is 15.4 Å². The van der Waals surface area contributed by atoms with Gasteiger partial charge in [-0.2, -0.15) is 9.97 Å². The van der Waals surface area contributed by atoms with Crippen LogP contribution in [0.4, 0.5) is 17.3 Å². The number of aromatic nitrogens is 2. The van der Waals surface area contributed by atoms with E-state index >= 15 is 0 Å². The minimum Gasteiger partial charge on any atom is -0.465 e. The molecule has 34 heavy (non-hydrogen) atoms. The summed E-state index contributed by atoms with van der Waals surface area (Å²) in [6.45, 7) is 5.66. The van der Waals surface area contributed by atoms with Gasteiger partial charge in [-0.25, -0.2) is 0 Å². The van der Waals surface area contributed by atoms with Gasteiger partial charge in [-0.1, -0.05) is 24.3 Å². The zero-order valence-electron chi connectivity index (χ0n) is 19.7. The highest BCUT2D eigenvalue weighted by Gasteiger charge is 2.23. The number of carbonyl (C=O) groups excluding carboxylic acids is 1. The minimum absolute atomic E-state index is 0.0337. The Labute approximate surface area is 199 Å². The van der Waals surface area contributed by atoms with Crippen molar-refractivity contribution in [3.8, 4) is 6.01 Å². The number of hydrogen-bond donors (Lipinski definition) is 1. The normalized spacial score (nSPS) is 13.6. The molecular formula is C23H32N6O5. The molecule has 0 saturated carbocycles. The van der Waals surface area contributed by atoms with Gasteiger partial charge in [0.05, 0.1) is 13.2 Å². The second kappa shape index (κ2) is 12.8. The predicted molar refractivity (Wildman–Crippen MR) is 128 cm³/mol. The number of benzene rings is 1. The minimum atomic E-state index is -0.466. The number of nitrogens with zero attached hydrogens (tertiary/aromatic N) is 5. The molecule has 0 atom stereocenters. The second-order valence-electron chi connectivity index (χ2n) is 7.96. The van der Waals surface area contributed by atoms with Crippen LogP contribution in [-0.2, 0) is 27.4 Å². The highest BCUT2D eigenvalue weighted by atomic mass is 16.5. The van der Waals surface area contributed by atoms with Crippen molar-refractivity contribution in [3.05, 3.63) is 40.3 Å². The van der Waals surface area contributed by atoms with E-state index in [-0.39, 0.29) is 49.6 Å².